The topological polar surface area (TPSA) is 17.1 Å². The molecule has 0 aliphatic rings. The van der Waals surface area contributed by atoms with Crippen molar-refractivity contribution < 1.29 is 9.18 Å². The summed E-state index contributed by atoms with van der Waals surface area (Å²) < 4.78 is 12.0. The normalized spacial score (nSPS) is 9.12. The number of halogens is 1. The first kappa shape index (κ1) is 5.44. The van der Waals surface area contributed by atoms with Gasteiger partial charge in [-0.2, -0.15) is 4.39 Å². The van der Waals surface area contributed by atoms with Crippen LogP contribution in [0.4, 0.5) is 4.39 Å². The van der Waals surface area contributed by atoms with Gasteiger partial charge in [0, 0.05) is 10.9 Å². The Bertz CT molecular complexity index is 194. The first-order valence-corrected chi connectivity index (χ1v) is 2.90. The smallest absolute Gasteiger partial charge is 0.177 e. The predicted molar refractivity (Wildman–Crippen MR) is 29.7 cm³/mol. The average Bonchev–Trinajstić information content (AvgIpc) is 2.14. The fourth-order valence-corrected chi connectivity index (χ4v) is 0.962. The Kier molecular flexibility index (Phi) is 1.39. The van der Waals surface area contributed by atoms with Crippen molar-refractivity contribution in [3.63, 3.8) is 0 Å². The van der Waals surface area contributed by atoms with E-state index in [0.717, 1.165) is 11.3 Å². The van der Waals surface area contributed by atoms with Crippen molar-refractivity contribution in [1.29, 1.82) is 0 Å². The minimum Gasteiger partial charge on any atom is -0.298 e. The number of aldehydes is 1. The van der Waals surface area contributed by atoms with Crippen molar-refractivity contribution >= 4 is 17.6 Å². The van der Waals surface area contributed by atoms with Crippen LogP contribution in [-0.4, -0.2) is 6.29 Å². The molecular formula is C5H3FOS. The maximum absolute atomic E-state index is 12.0. The highest BCUT2D eigenvalue weighted by Crippen LogP contribution is 2.09. The maximum Gasteiger partial charge on any atom is 0.177 e. The van der Waals surface area contributed by atoms with E-state index in [1.54, 1.807) is 0 Å². The van der Waals surface area contributed by atoms with Crippen LogP contribution in [-0.2, 0) is 0 Å². The number of carbonyl (C=O) groups is 1. The van der Waals surface area contributed by atoms with Gasteiger partial charge >= 0.3 is 0 Å². The average molecular weight is 130 g/mol. The molecule has 0 radical (unpaired) electrons. The Labute approximate surface area is 49.8 Å². The van der Waals surface area contributed by atoms with Crippen LogP contribution in [0.5, 0.6) is 0 Å². The van der Waals surface area contributed by atoms with Gasteiger partial charge in [0.15, 0.2) is 11.4 Å². The van der Waals surface area contributed by atoms with Gasteiger partial charge in [0.25, 0.3) is 0 Å². The molecule has 42 valence electrons. The fraction of sp³-hybridized carbons (Fsp3) is 0. The van der Waals surface area contributed by atoms with E-state index in [1.807, 2.05) is 0 Å². The Balaban J connectivity index is 3.00. The third-order valence-corrected chi connectivity index (χ3v) is 1.46. The molecule has 1 aromatic rings. The molecule has 0 amide bonds. The third kappa shape index (κ3) is 0.924. The van der Waals surface area contributed by atoms with E-state index in [-0.39, 0.29) is 5.13 Å². The van der Waals surface area contributed by atoms with Crippen molar-refractivity contribution in [2.24, 2.45) is 0 Å². The van der Waals surface area contributed by atoms with E-state index in [1.165, 1.54) is 11.4 Å². The van der Waals surface area contributed by atoms with Gasteiger partial charge in [-0.05, 0) is 6.07 Å². The summed E-state index contributed by atoms with van der Waals surface area (Å²) in [6.07, 6.45) is 0.625. The van der Waals surface area contributed by atoms with Gasteiger partial charge < -0.3 is 0 Å². The highest BCUT2D eigenvalue weighted by atomic mass is 32.1. The van der Waals surface area contributed by atoms with E-state index in [2.05, 4.69) is 0 Å². The lowest BCUT2D eigenvalue weighted by Gasteiger charge is -1.67. The molecule has 0 unspecified atom stereocenters. The molecule has 0 N–H and O–H groups in total. The van der Waals surface area contributed by atoms with Gasteiger partial charge in [-0.3, -0.25) is 4.79 Å². The molecule has 1 heterocycles. The molecule has 1 aromatic heterocycles. The Morgan fingerprint density at radius 3 is 2.75 bits per heavy atom. The molecule has 0 aliphatic heterocycles. The van der Waals surface area contributed by atoms with Gasteiger partial charge in [0.1, 0.15) is 0 Å². The number of carbonyl (C=O) groups excluding carboxylic acids is 1. The number of rotatable bonds is 1. The highest BCUT2D eigenvalue weighted by Gasteiger charge is 1.93. The molecule has 0 bridgehead atoms. The fourth-order valence-electron chi connectivity index (χ4n) is 0.385. The van der Waals surface area contributed by atoms with Crippen molar-refractivity contribution in [2.75, 3.05) is 0 Å². The Morgan fingerprint density at radius 1 is 1.75 bits per heavy atom. The molecule has 1 rings (SSSR count). The van der Waals surface area contributed by atoms with Crippen LogP contribution in [0.2, 0.25) is 0 Å². The number of hydrogen-bond donors (Lipinski definition) is 0. The van der Waals surface area contributed by atoms with Crippen molar-refractivity contribution in [3.8, 4) is 0 Å². The summed E-state index contributed by atoms with van der Waals surface area (Å²) in [5.74, 6) is 0. The number of hydrogen-bond acceptors (Lipinski definition) is 2. The van der Waals surface area contributed by atoms with E-state index >= 15 is 0 Å². The second-order valence-corrected chi connectivity index (χ2v) is 2.16. The molecule has 1 nitrogen and oxygen atoms in total. The van der Waals surface area contributed by atoms with Gasteiger partial charge in [-0.25, -0.2) is 0 Å². The van der Waals surface area contributed by atoms with E-state index in [9.17, 15) is 9.18 Å². The molecule has 8 heavy (non-hydrogen) atoms. The van der Waals surface area contributed by atoms with Crippen LogP contribution in [0.3, 0.4) is 0 Å². The molecule has 0 spiro atoms. The molecule has 3 heteroatoms. The monoisotopic (exact) mass is 130 g/mol. The number of thiophene rings is 1. The standard InChI is InChI=1S/C5H3FOS/c6-5-1-4(2-7)3-8-5/h1-3H. The summed E-state index contributed by atoms with van der Waals surface area (Å²) >= 11 is 0.931. The lowest BCUT2D eigenvalue weighted by molar-refractivity contribution is 0.112. The summed E-state index contributed by atoms with van der Waals surface area (Å²) in [4.78, 5) is 9.86. The van der Waals surface area contributed by atoms with Crippen LogP contribution in [0.15, 0.2) is 11.4 Å². The zero-order chi connectivity index (χ0) is 5.98. The maximum atomic E-state index is 12.0. The van der Waals surface area contributed by atoms with Crippen molar-refractivity contribution in [2.45, 2.75) is 0 Å². The minimum absolute atomic E-state index is 0.313. The van der Waals surface area contributed by atoms with Crippen molar-refractivity contribution in [1.82, 2.24) is 0 Å². The molecule has 0 saturated carbocycles. The first-order valence-electron chi connectivity index (χ1n) is 2.02. The lowest BCUT2D eigenvalue weighted by Crippen LogP contribution is -1.66. The molecule has 0 fully saturated rings. The lowest BCUT2D eigenvalue weighted by atomic mass is 10.4. The van der Waals surface area contributed by atoms with E-state index in [0.29, 0.717) is 11.8 Å². The van der Waals surface area contributed by atoms with Crippen LogP contribution in [0.25, 0.3) is 0 Å². The third-order valence-electron chi connectivity index (χ3n) is 0.724. The summed E-state index contributed by atoms with van der Waals surface area (Å²) in [6, 6.07) is 1.21. The zero-order valence-corrected chi connectivity index (χ0v) is 4.74. The Morgan fingerprint density at radius 2 is 2.50 bits per heavy atom. The predicted octanol–water partition coefficient (Wildman–Crippen LogP) is 1.70. The summed E-state index contributed by atoms with van der Waals surface area (Å²) in [6.45, 7) is 0. The quantitative estimate of drug-likeness (QED) is 0.529. The Hall–Kier alpha value is -0.700. The zero-order valence-electron chi connectivity index (χ0n) is 3.93. The van der Waals surface area contributed by atoms with Crippen LogP contribution in [0, 0.1) is 5.13 Å². The van der Waals surface area contributed by atoms with Gasteiger partial charge in [0.2, 0.25) is 0 Å². The van der Waals surface area contributed by atoms with Crippen LogP contribution >= 0.6 is 11.3 Å². The molecule has 0 aliphatic carbocycles. The summed E-state index contributed by atoms with van der Waals surface area (Å²) in [5, 5.41) is 1.16. The van der Waals surface area contributed by atoms with E-state index in [4.69, 9.17) is 0 Å². The summed E-state index contributed by atoms with van der Waals surface area (Å²) in [7, 11) is 0. The van der Waals surface area contributed by atoms with Crippen molar-refractivity contribution in [3.05, 3.63) is 22.1 Å². The highest BCUT2D eigenvalue weighted by molar-refractivity contribution is 7.08. The van der Waals surface area contributed by atoms with Gasteiger partial charge in [-0.1, -0.05) is 0 Å². The minimum atomic E-state index is -0.313. The molecular weight excluding hydrogens is 127 g/mol. The van der Waals surface area contributed by atoms with Crippen LogP contribution in [0.1, 0.15) is 10.4 Å². The SMILES string of the molecule is O=Cc1csc(F)c1. The van der Waals surface area contributed by atoms with Gasteiger partial charge in [0.05, 0.1) is 0 Å². The largest absolute Gasteiger partial charge is 0.298 e. The second kappa shape index (κ2) is 2.05. The second-order valence-electron chi connectivity index (χ2n) is 1.30. The van der Waals surface area contributed by atoms with Crippen LogP contribution < -0.4 is 0 Å². The van der Waals surface area contributed by atoms with Gasteiger partial charge in [-0.15, -0.1) is 11.3 Å². The molecule has 0 atom stereocenters. The first-order chi connectivity index (χ1) is 3.83. The molecule has 0 aromatic carbocycles. The summed E-state index contributed by atoms with van der Waals surface area (Å²) in [5.41, 5.74) is 0.410. The molecule has 0 saturated heterocycles. The van der Waals surface area contributed by atoms with E-state index < -0.39 is 0 Å².